The SMILES string of the molecule is O=C(NCCc1ccc(F)cc1)Oc1cnn(-c2cccc(Cl)n2)c1C(F)(F)F. The second kappa shape index (κ2) is 8.48. The van der Waals surface area contributed by atoms with E-state index in [2.05, 4.69) is 15.4 Å². The van der Waals surface area contributed by atoms with E-state index in [9.17, 15) is 22.4 Å². The number of aromatic nitrogens is 3. The average molecular weight is 429 g/mol. The molecule has 1 aromatic carbocycles. The Labute approximate surface area is 167 Å². The number of alkyl halides is 3. The van der Waals surface area contributed by atoms with E-state index in [1.165, 1.54) is 42.5 Å². The summed E-state index contributed by atoms with van der Waals surface area (Å²) >= 11 is 5.72. The van der Waals surface area contributed by atoms with Gasteiger partial charge in [0.05, 0.1) is 6.20 Å². The zero-order valence-corrected chi connectivity index (χ0v) is 15.3. The number of amides is 1. The normalized spacial score (nSPS) is 11.3. The van der Waals surface area contributed by atoms with Crippen LogP contribution in [-0.2, 0) is 12.6 Å². The molecule has 2 aromatic heterocycles. The van der Waals surface area contributed by atoms with Crippen molar-refractivity contribution in [2.45, 2.75) is 12.6 Å². The summed E-state index contributed by atoms with van der Waals surface area (Å²) < 4.78 is 58.7. The van der Waals surface area contributed by atoms with Gasteiger partial charge in [0, 0.05) is 6.54 Å². The van der Waals surface area contributed by atoms with Gasteiger partial charge in [0.15, 0.2) is 17.3 Å². The number of nitrogens with zero attached hydrogens (tertiary/aromatic N) is 3. The summed E-state index contributed by atoms with van der Waals surface area (Å²) in [6.07, 6.45) is -4.85. The Hall–Kier alpha value is -3.14. The highest BCUT2D eigenvalue weighted by Crippen LogP contribution is 2.37. The van der Waals surface area contributed by atoms with Crippen molar-refractivity contribution < 1.29 is 27.1 Å². The molecule has 0 saturated heterocycles. The molecule has 3 rings (SSSR count). The maximum Gasteiger partial charge on any atom is 0.437 e. The quantitative estimate of drug-likeness (QED) is 0.483. The van der Waals surface area contributed by atoms with Gasteiger partial charge in [-0.15, -0.1) is 0 Å². The zero-order valence-electron chi connectivity index (χ0n) is 14.6. The highest BCUT2D eigenvalue weighted by Gasteiger charge is 2.40. The molecule has 152 valence electrons. The number of carbonyl (C=O) groups is 1. The Morgan fingerprint density at radius 3 is 2.55 bits per heavy atom. The Bertz CT molecular complexity index is 1010. The Morgan fingerprint density at radius 2 is 1.90 bits per heavy atom. The second-order valence-electron chi connectivity index (χ2n) is 5.78. The van der Waals surface area contributed by atoms with Gasteiger partial charge in [-0.05, 0) is 36.2 Å². The summed E-state index contributed by atoms with van der Waals surface area (Å²) in [5.74, 6) is -1.36. The van der Waals surface area contributed by atoms with Crippen molar-refractivity contribution in [1.82, 2.24) is 20.1 Å². The first-order valence-electron chi connectivity index (χ1n) is 8.22. The summed E-state index contributed by atoms with van der Waals surface area (Å²) in [4.78, 5) is 15.7. The molecule has 0 aliphatic heterocycles. The van der Waals surface area contributed by atoms with Crippen molar-refractivity contribution in [3.05, 3.63) is 70.9 Å². The van der Waals surface area contributed by atoms with Crippen LogP contribution in [-0.4, -0.2) is 27.4 Å². The highest BCUT2D eigenvalue weighted by atomic mass is 35.5. The Balaban J connectivity index is 1.71. The van der Waals surface area contributed by atoms with Crippen molar-refractivity contribution in [2.75, 3.05) is 6.54 Å². The Kier molecular flexibility index (Phi) is 6.02. The molecule has 2 heterocycles. The predicted molar refractivity (Wildman–Crippen MR) is 95.5 cm³/mol. The van der Waals surface area contributed by atoms with Crippen LogP contribution in [0.15, 0.2) is 48.7 Å². The van der Waals surface area contributed by atoms with Crippen LogP contribution in [0.1, 0.15) is 11.3 Å². The summed E-state index contributed by atoms with van der Waals surface area (Å²) in [5.41, 5.74) is -0.566. The first-order chi connectivity index (χ1) is 13.7. The number of pyridine rings is 1. The third kappa shape index (κ3) is 5.23. The zero-order chi connectivity index (χ0) is 21.0. The fraction of sp³-hybridized carbons (Fsp3) is 0.167. The molecule has 0 bridgehead atoms. The van der Waals surface area contributed by atoms with Gasteiger partial charge in [0.1, 0.15) is 11.0 Å². The van der Waals surface area contributed by atoms with Crippen LogP contribution >= 0.6 is 11.6 Å². The van der Waals surface area contributed by atoms with E-state index in [0.29, 0.717) is 11.1 Å². The summed E-state index contributed by atoms with van der Waals surface area (Å²) in [6, 6.07) is 9.69. The lowest BCUT2D eigenvalue weighted by molar-refractivity contribution is -0.143. The predicted octanol–water partition coefficient (Wildman–Crippen LogP) is 4.41. The van der Waals surface area contributed by atoms with Crippen molar-refractivity contribution in [2.24, 2.45) is 0 Å². The minimum absolute atomic E-state index is 0.0212. The van der Waals surface area contributed by atoms with E-state index >= 15 is 0 Å². The third-order valence-electron chi connectivity index (χ3n) is 3.72. The van der Waals surface area contributed by atoms with Crippen molar-refractivity contribution in [3.8, 4) is 11.6 Å². The molecule has 3 aromatic rings. The number of rotatable bonds is 5. The first-order valence-corrected chi connectivity index (χ1v) is 8.60. The van der Waals surface area contributed by atoms with E-state index in [1.807, 2.05) is 0 Å². The van der Waals surface area contributed by atoms with Crippen molar-refractivity contribution in [3.63, 3.8) is 0 Å². The van der Waals surface area contributed by atoms with Crippen LogP contribution in [0.3, 0.4) is 0 Å². The van der Waals surface area contributed by atoms with E-state index in [-0.39, 0.29) is 17.5 Å². The van der Waals surface area contributed by atoms with E-state index in [4.69, 9.17) is 16.3 Å². The van der Waals surface area contributed by atoms with Gasteiger partial charge in [-0.25, -0.2) is 18.9 Å². The number of hydrogen-bond donors (Lipinski definition) is 1. The maximum atomic E-state index is 13.5. The molecule has 0 aliphatic carbocycles. The molecule has 0 spiro atoms. The van der Waals surface area contributed by atoms with Gasteiger partial charge in [-0.2, -0.15) is 18.3 Å². The van der Waals surface area contributed by atoms with Gasteiger partial charge in [0.25, 0.3) is 0 Å². The van der Waals surface area contributed by atoms with Crippen LogP contribution < -0.4 is 10.1 Å². The molecule has 1 N–H and O–H groups in total. The van der Waals surface area contributed by atoms with Gasteiger partial charge in [0.2, 0.25) is 0 Å². The number of halogens is 5. The van der Waals surface area contributed by atoms with Gasteiger partial charge in [-0.3, -0.25) is 0 Å². The number of hydrogen-bond acceptors (Lipinski definition) is 4. The molecule has 29 heavy (non-hydrogen) atoms. The molecule has 0 unspecified atom stereocenters. The van der Waals surface area contributed by atoms with Gasteiger partial charge in [-0.1, -0.05) is 29.8 Å². The number of benzene rings is 1. The highest BCUT2D eigenvalue weighted by molar-refractivity contribution is 6.29. The van der Waals surface area contributed by atoms with Crippen LogP contribution in [0.2, 0.25) is 5.15 Å². The van der Waals surface area contributed by atoms with Gasteiger partial charge < -0.3 is 10.1 Å². The molecule has 0 atom stereocenters. The molecule has 1 amide bonds. The van der Waals surface area contributed by atoms with Crippen LogP contribution in [0.5, 0.6) is 5.75 Å². The van der Waals surface area contributed by atoms with Crippen LogP contribution in [0.25, 0.3) is 5.82 Å². The number of nitrogens with one attached hydrogen (secondary N) is 1. The van der Waals surface area contributed by atoms with Gasteiger partial charge >= 0.3 is 12.3 Å². The molecular weight excluding hydrogens is 416 g/mol. The minimum atomic E-state index is -4.87. The summed E-state index contributed by atoms with van der Waals surface area (Å²) in [6.45, 7) is 0.0792. The molecule has 0 aliphatic rings. The van der Waals surface area contributed by atoms with Crippen molar-refractivity contribution >= 4 is 17.7 Å². The smallest absolute Gasteiger partial charge is 0.406 e. The Morgan fingerprint density at radius 1 is 1.17 bits per heavy atom. The average Bonchev–Trinajstić information content (AvgIpc) is 3.07. The lowest BCUT2D eigenvalue weighted by atomic mass is 10.1. The molecule has 0 saturated carbocycles. The van der Waals surface area contributed by atoms with E-state index < -0.39 is 29.5 Å². The topological polar surface area (TPSA) is 69.0 Å². The van der Waals surface area contributed by atoms with Crippen LogP contribution in [0.4, 0.5) is 22.4 Å². The molecule has 11 heteroatoms. The lowest BCUT2D eigenvalue weighted by Crippen LogP contribution is -2.29. The third-order valence-corrected chi connectivity index (χ3v) is 3.93. The fourth-order valence-corrected chi connectivity index (χ4v) is 2.61. The van der Waals surface area contributed by atoms with Crippen molar-refractivity contribution in [1.29, 1.82) is 0 Å². The molecule has 6 nitrogen and oxygen atoms in total. The second-order valence-corrected chi connectivity index (χ2v) is 6.17. The molecule has 0 radical (unpaired) electrons. The molecular formula is C18H13ClF4N4O2. The standard InChI is InChI=1S/C18H13ClF4N4O2/c19-14-2-1-3-15(26-14)27-16(18(21,22)23)13(10-25-27)29-17(28)24-9-8-11-4-6-12(20)7-5-11/h1-7,10H,8-9H2,(H,24,28). The first kappa shape index (κ1) is 20.6. The fourth-order valence-electron chi connectivity index (χ4n) is 2.45. The number of ether oxygens (including phenoxy) is 1. The summed E-state index contributed by atoms with van der Waals surface area (Å²) in [5, 5.41) is 5.93. The number of carbonyl (C=O) groups excluding carboxylic acids is 1. The minimum Gasteiger partial charge on any atom is -0.406 e. The maximum absolute atomic E-state index is 13.5. The lowest BCUT2D eigenvalue weighted by Gasteiger charge is -2.12. The van der Waals surface area contributed by atoms with E-state index in [1.54, 1.807) is 0 Å². The van der Waals surface area contributed by atoms with E-state index in [0.717, 1.165) is 11.8 Å². The largest absolute Gasteiger partial charge is 0.437 e. The monoisotopic (exact) mass is 428 g/mol. The van der Waals surface area contributed by atoms with Crippen LogP contribution in [0, 0.1) is 5.82 Å². The molecule has 0 fully saturated rings. The summed E-state index contributed by atoms with van der Waals surface area (Å²) in [7, 11) is 0.